The van der Waals surface area contributed by atoms with Crippen LogP contribution in [0.15, 0.2) is 29.3 Å². The molecule has 1 heterocycles. The maximum atomic E-state index is 12.7. The number of piperidine rings is 1. The fraction of sp³-hybridized carbons (Fsp3) is 0.588. The number of guanidine groups is 1. The molecule has 7 heteroatoms. The summed E-state index contributed by atoms with van der Waals surface area (Å²) < 4.78 is 38.1. The van der Waals surface area contributed by atoms with Crippen LogP contribution in [-0.2, 0) is 12.7 Å². The van der Waals surface area contributed by atoms with E-state index in [9.17, 15) is 13.2 Å². The average molecular weight is 342 g/mol. The van der Waals surface area contributed by atoms with Gasteiger partial charge in [0.2, 0.25) is 0 Å². The van der Waals surface area contributed by atoms with Crippen molar-refractivity contribution in [3.63, 3.8) is 0 Å². The molecule has 0 radical (unpaired) electrons. The van der Waals surface area contributed by atoms with E-state index < -0.39 is 11.7 Å². The Kier molecular flexibility index (Phi) is 6.90. The van der Waals surface area contributed by atoms with E-state index in [-0.39, 0.29) is 0 Å². The number of benzene rings is 1. The Labute approximate surface area is 141 Å². The second-order valence-electron chi connectivity index (χ2n) is 5.95. The molecule has 1 aliphatic heterocycles. The molecule has 2 rings (SSSR count). The van der Waals surface area contributed by atoms with Crippen LogP contribution in [0.2, 0.25) is 0 Å². The average Bonchev–Trinajstić information content (AvgIpc) is 2.58. The van der Waals surface area contributed by atoms with Crippen LogP contribution in [0.1, 0.15) is 30.4 Å². The Bertz CT molecular complexity index is 537. The predicted octanol–water partition coefficient (Wildman–Crippen LogP) is 2.86. The third-order valence-electron chi connectivity index (χ3n) is 4.11. The molecule has 1 aliphatic rings. The van der Waals surface area contributed by atoms with Gasteiger partial charge >= 0.3 is 6.18 Å². The predicted molar refractivity (Wildman–Crippen MR) is 89.9 cm³/mol. The zero-order valence-electron chi connectivity index (χ0n) is 14.0. The minimum atomic E-state index is -4.32. The molecule has 0 bridgehead atoms. The van der Waals surface area contributed by atoms with E-state index in [0.717, 1.165) is 38.3 Å². The van der Waals surface area contributed by atoms with E-state index in [1.807, 2.05) is 0 Å². The highest BCUT2D eigenvalue weighted by atomic mass is 19.4. The second kappa shape index (κ2) is 8.92. The van der Waals surface area contributed by atoms with Gasteiger partial charge in [-0.2, -0.15) is 13.2 Å². The molecular weight excluding hydrogens is 317 g/mol. The molecule has 2 N–H and O–H groups in total. The minimum Gasteiger partial charge on any atom is -0.355 e. The minimum absolute atomic E-state index is 0.299. The maximum Gasteiger partial charge on any atom is 0.416 e. The number of aliphatic imine (C=N–C) groups is 1. The van der Waals surface area contributed by atoms with Gasteiger partial charge < -0.3 is 15.5 Å². The summed E-state index contributed by atoms with van der Waals surface area (Å²) in [4.78, 5) is 6.52. The van der Waals surface area contributed by atoms with Crippen molar-refractivity contribution in [1.82, 2.24) is 15.5 Å². The second-order valence-corrected chi connectivity index (χ2v) is 5.95. The zero-order valence-corrected chi connectivity index (χ0v) is 14.0. The van der Waals surface area contributed by atoms with Crippen molar-refractivity contribution in [2.24, 2.45) is 4.99 Å². The summed E-state index contributed by atoms with van der Waals surface area (Å²) in [6.45, 7) is 4.29. The lowest BCUT2D eigenvalue weighted by Crippen LogP contribution is -2.42. The highest BCUT2D eigenvalue weighted by Crippen LogP contribution is 2.29. The monoisotopic (exact) mass is 342 g/mol. The van der Waals surface area contributed by atoms with Crippen LogP contribution in [0.5, 0.6) is 0 Å². The Balaban J connectivity index is 1.77. The van der Waals surface area contributed by atoms with Gasteiger partial charge in [0.05, 0.1) is 5.56 Å². The molecule has 4 nitrogen and oxygen atoms in total. The summed E-state index contributed by atoms with van der Waals surface area (Å²) in [6.07, 6.45) is -0.500. The first-order chi connectivity index (χ1) is 11.5. The standard InChI is InChI=1S/C17H25F3N4/c1-21-16(22-8-11-24-9-3-2-4-10-24)23-13-14-6-5-7-15(12-14)17(18,19)20/h5-7,12H,2-4,8-11,13H2,1H3,(H2,21,22,23). The van der Waals surface area contributed by atoms with Gasteiger partial charge in [0.1, 0.15) is 0 Å². The lowest BCUT2D eigenvalue weighted by Gasteiger charge is -2.26. The molecule has 0 amide bonds. The molecule has 0 spiro atoms. The van der Waals surface area contributed by atoms with Crippen molar-refractivity contribution in [1.29, 1.82) is 0 Å². The fourth-order valence-corrected chi connectivity index (χ4v) is 2.78. The first-order valence-corrected chi connectivity index (χ1v) is 8.32. The Hall–Kier alpha value is -1.76. The van der Waals surface area contributed by atoms with Gasteiger partial charge in [-0.1, -0.05) is 18.6 Å². The molecular formula is C17H25F3N4. The van der Waals surface area contributed by atoms with Crippen molar-refractivity contribution in [2.75, 3.05) is 33.2 Å². The Morgan fingerprint density at radius 1 is 1.17 bits per heavy atom. The van der Waals surface area contributed by atoms with Crippen LogP contribution >= 0.6 is 0 Å². The van der Waals surface area contributed by atoms with E-state index in [0.29, 0.717) is 18.1 Å². The Morgan fingerprint density at radius 2 is 1.92 bits per heavy atom. The molecule has 24 heavy (non-hydrogen) atoms. The quantitative estimate of drug-likeness (QED) is 0.638. The number of hydrogen-bond acceptors (Lipinski definition) is 2. The molecule has 0 saturated carbocycles. The summed E-state index contributed by atoms with van der Waals surface area (Å²) in [7, 11) is 1.66. The normalized spacial score (nSPS) is 16.9. The lowest BCUT2D eigenvalue weighted by atomic mass is 10.1. The first kappa shape index (κ1) is 18.6. The third-order valence-corrected chi connectivity index (χ3v) is 4.11. The third kappa shape index (κ3) is 6.03. The molecule has 0 atom stereocenters. The Morgan fingerprint density at radius 3 is 2.58 bits per heavy atom. The van der Waals surface area contributed by atoms with Crippen molar-refractivity contribution in [3.05, 3.63) is 35.4 Å². The molecule has 0 unspecified atom stereocenters. The molecule has 0 aliphatic carbocycles. The van der Waals surface area contributed by atoms with Gasteiger partial charge in [0.25, 0.3) is 0 Å². The largest absolute Gasteiger partial charge is 0.416 e. The molecule has 134 valence electrons. The molecule has 1 fully saturated rings. The van der Waals surface area contributed by atoms with Crippen LogP contribution in [0.4, 0.5) is 13.2 Å². The zero-order chi connectivity index (χ0) is 17.4. The molecule has 0 aromatic heterocycles. The van der Waals surface area contributed by atoms with Gasteiger partial charge in [0.15, 0.2) is 5.96 Å². The maximum absolute atomic E-state index is 12.7. The molecule has 1 aromatic rings. The van der Waals surface area contributed by atoms with Gasteiger partial charge in [-0.25, -0.2) is 0 Å². The number of rotatable bonds is 5. The van der Waals surface area contributed by atoms with Crippen LogP contribution in [0.25, 0.3) is 0 Å². The highest BCUT2D eigenvalue weighted by Gasteiger charge is 2.30. The number of halogens is 3. The number of nitrogens with one attached hydrogen (secondary N) is 2. The highest BCUT2D eigenvalue weighted by molar-refractivity contribution is 5.79. The smallest absolute Gasteiger partial charge is 0.355 e. The summed E-state index contributed by atoms with van der Waals surface area (Å²) in [5.41, 5.74) is -0.0568. The fourth-order valence-electron chi connectivity index (χ4n) is 2.78. The van der Waals surface area contributed by atoms with E-state index in [2.05, 4.69) is 20.5 Å². The number of likely N-dealkylation sites (tertiary alicyclic amines) is 1. The lowest BCUT2D eigenvalue weighted by molar-refractivity contribution is -0.137. The van der Waals surface area contributed by atoms with Crippen LogP contribution in [0, 0.1) is 0 Å². The molecule has 1 saturated heterocycles. The summed E-state index contributed by atoms with van der Waals surface area (Å²) in [5, 5.41) is 6.26. The van der Waals surface area contributed by atoms with Gasteiger partial charge in [-0.05, 0) is 43.6 Å². The van der Waals surface area contributed by atoms with Crippen molar-refractivity contribution < 1.29 is 13.2 Å². The molecule has 1 aromatic carbocycles. The first-order valence-electron chi connectivity index (χ1n) is 8.32. The number of alkyl halides is 3. The van der Waals surface area contributed by atoms with Crippen molar-refractivity contribution in [2.45, 2.75) is 32.0 Å². The topological polar surface area (TPSA) is 39.7 Å². The SMILES string of the molecule is CN=C(NCCN1CCCCC1)NCc1cccc(C(F)(F)F)c1. The summed E-state index contributed by atoms with van der Waals surface area (Å²) in [5.74, 6) is 0.601. The number of hydrogen-bond donors (Lipinski definition) is 2. The van der Waals surface area contributed by atoms with Crippen LogP contribution in [-0.4, -0.2) is 44.1 Å². The van der Waals surface area contributed by atoms with Crippen molar-refractivity contribution >= 4 is 5.96 Å². The van der Waals surface area contributed by atoms with Crippen molar-refractivity contribution in [3.8, 4) is 0 Å². The van der Waals surface area contributed by atoms with Gasteiger partial charge in [-0.3, -0.25) is 4.99 Å². The summed E-state index contributed by atoms with van der Waals surface area (Å²) >= 11 is 0. The number of nitrogens with zero attached hydrogens (tertiary/aromatic N) is 2. The van der Waals surface area contributed by atoms with Gasteiger partial charge in [0, 0.05) is 26.7 Å². The van der Waals surface area contributed by atoms with Crippen LogP contribution in [0.3, 0.4) is 0 Å². The van der Waals surface area contributed by atoms with Crippen LogP contribution < -0.4 is 10.6 Å². The van der Waals surface area contributed by atoms with E-state index in [4.69, 9.17) is 0 Å². The van der Waals surface area contributed by atoms with E-state index in [1.165, 1.54) is 25.3 Å². The van der Waals surface area contributed by atoms with Gasteiger partial charge in [-0.15, -0.1) is 0 Å². The summed E-state index contributed by atoms with van der Waals surface area (Å²) in [6, 6.07) is 5.33. The van der Waals surface area contributed by atoms with E-state index in [1.54, 1.807) is 13.1 Å². The van der Waals surface area contributed by atoms with E-state index >= 15 is 0 Å².